The predicted octanol–water partition coefficient (Wildman–Crippen LogP) is 14.0. The zero-order valence-corrected chi connectivity index (χ0v) is 38.0. The Bertz CT molecular complexity index is 949. The zero-order valence-electron chi connectivity index (χ0n) is 30.7. The zero-order chi connectivity index (χ0) is 32.3. The first-order valence-corrected chi connectivity index (χ1v) is 40.7. The molecule has 0 atom stereocenters. The van der Waals surface area contributed by atoms with E-state index in [0.29, 0.717) is 0 Å². The summed E-state index contributed by atoms with van der Waals surface area (Å²) in [5, 5.41) is 5.10. The number of rotatable bonds is 26. The molecular formula is C40H72S2Sn2. The number of thiophene rings is 2. The van der Waals surface area contributed by atoms with Crippen molar-refractivity contribution in [2.75, 3.05) is 0 Å². The Hall–Kier alpha value is 0.737. The first-order chi connectivity index (χ1) is 21.1. The Labute approximate surface area is 292 Å². The van der Waals surface area contributed by atoms with Gasteiger partial charge >= 0.3 is 256 Å². The maximum absolute atomic E-state index is 2.61. The normalized spacial score (nSPS) is 12.6. The molecule has 2 aromatic heterocycles. The van der Waals surface area contributed by atoms with Crippen LogP contribution in [-0.4, -0.2) is 36.8 Å². The number of unbranched alkanes of at least 4 members (excludes halogenated alkanes) is 18. The fourth-order valence-electron chi connectivity index (χ4n) is 6.49. The monoisotopic (exact) mass is 856 g/mol. The van der Waals surface area contributed by atoms with E-state index in [1.165, 1.54) is 141 Å². The van der Waals surface area contributed by atoms with Crippen LogP contribution in [0.4, 0.5) is 0 Å². The van der Waals surface area contributed by atoms with Crippen molar-refractivity contribution in [3.63, 3.8) is 0 Å². The first-order valence-electron chi connectivity index (χ1n) is 19.0. The molecule has 0 aromatic carbocycles. The predicted molar refractivity (Wildman–Crippen MR) is 215 cm³/mol. The summed E-state index contributed by atoms with van der Waals surface area (Å²) >= 11 is -0.187. The van der Waals surface area contributed by atoms with Crippen LogP contribution < -0.4 is 5.79 Å². The third-order valence-corrected chi connectivity index (χ3v) is 30.5. The van der Waals surface area contributed by atoms with Gasteiger partial charge in [0.2, 0.25) is 0 Å². The van der Waals surface area contributed by atoms with Crippen LogP contribution >= 0.6 is 22.7 Å². The standard InChI is InChI=1S/C34H54S2.6CH3.2Sn/c1-3-5-7-9-11-13-15-17-19-21-23-31-27-35-29-33(31)25-26-34-30-36-28-32(34)24-22-20-18-16-14-12-10-8-6-4-2;;;;;;;;/h25-28H,3-24H2,1-2H3;6*1H3;;. The Kier molecular flexibility index (Phi) is 21.5. The SMILES string of the molecule is CCCCCCCCCCCCc1cs[c]([Sn]([CH3])([CH3])[CH3])c1C=Cc1c(CCCCCCCCCCCC)cs[c]1[Sn]([CH3])([CH3])[CH3]. The fourth-order valence-corrected chi connectivity index (χ4v) is 21.9. The Morgan fingerprint density at radius 1 is 0.432 bits per heavy atom. The fraction of sp³-hybridized carbons (Fsp3) is 0.750. The van der Waals surface area contributed by atoms with Crippen molar-refractivity contribution in [2.24, 2.45) is 0 Å². The van der Waals surface area contributed by atoms with Crippen molar-refractivity contribution < 1.29 is 0 Å². The van der Waals surface area contributed by atoms with E-state index in [-0.39, 0.29) is 0 Å². The van der Waals surface area contributed by atoms with Crippen LogP contribution in [0.15, 0.2) is 10.8 Å². The summed E-state index contributed by atoms with van der Waals surface area (Å²) in [7, 11) is 0. The van der Waals surface area contributed by atoms with Gasteiger partial charge in [0, 0.05) is 0 Å². The number of aryl methyl sites for hydroxylation is 2. The van der Waals surface area contributed by atoms with Crippen LogP contribution in [0.1, 0.15) is 165 Å². The van der Waals surface area contributed by atoms with Crippen LogP contribution in [0, 0.1) is 0 Å². The third-order valence-electron chi connectivity index (χ3n) is 9.20. The molecule has 0 spiro atoms. The molecule has 0 unspecified atom stereocenters. The van der Waals surface area contributed by atoms with Gasteiger partial charge in [0.15, 0.2) is 0 Å². The average Bonchev–Trinajstić information content (AvgIpc) is 3.57. The van der Waals surface area contributed by atoms with Crippen molar-refractivity contribution in [3.8, 4) is 0 Å². The molecule has 0 N–H and O–H groups in total. The minimum absolute atomic E-state index is 1.27. The molecule has 0 aliphatic rings. The van der Waals surface area contributed by atoms with Crippen molar-refractivity contribution in [2.45, 2.75) is 185 Å². The van der Waals surface area contributed by atoms with Crippen LogP contribution in [0.2, 0.25) is 29.6 Å². The summed E-state index contributed by atoms with van der Waals surface area (Å²) in [6.07, 6.45) is 36.1. The van der Waals surface area contributed by atoms with E-state index in [2.05, 4.69) is 89.1 Å². The maximum atomic E-state index is 2.61. The molecule has 0 fully saturated rings. The van der Waals surface area contributed by atoms with Gasteiger partial charge in [-0.3, -0.25) is 0 Å². The Balaban J connectivity index is 2.00. The summed E-state index contributed by atoms with van der Waals surface area (Å²) in [5.74, 6) is 0. The van der Waals surface area contributed by atoms with Gasteiger partial charge in [-0.1, -0.05) is 39.5 Å². The van der Waals surface area contributed by atoms with Gasteiger partial charge in [-0.15, -0.1) is 0 Å². The molecule has 2 aromatic rings. The van der Waals surface area contributed by atoms with Crippen molar-refractivity contribution >= 4 is 77.4 Å². The molecule has 0 saturated carbocycles. The van der Waals surface area contributed by atoms with Gasteiger partial charge in [-0.25, -0.2) is 0 Å². The Morgan fingerprint density at radius 3 is 0.977 bits per heavy atom. The summed E-state index contributed by atoms with van der Waals surface area (Å²) in [5.41, 5.74) is 6.58. The molecule has 0 amide bonds. The third kappa shape index (κ3) is 16.2. The number of hydrogen-bond acceptors (Lipinski definition) is 2. The van der Waals surface area contributed by atoms with E-state index in [0.717, 1.165) is 0 Å². The summed E-state index contributed by atoms with van der Waals surface area (Å²) < 4.78 is 3.56. The van der Waals surface area contributed by atoms with Gasteiger partial charge in [-0.05, 0) is 0 Å². The Morgan fingerprint density at radius 2 is 0.705 bits per heavy atom. The van der Waals surface area contributed by atoms with E-state index >= 15 is 0 Å². The van der Waals surface area contributed by atoms with Crippen molar-refractivity contribution in [1.29, 1.82) is 0 Å². The van der Waals surface area contributed by atoms with E-state index in [9.17, 15) is 0 Å². The molecule has 2 rings (SSSR count). The molecule has 0 saturated heterocycles. The molecule has 0 nitrogen and oxygen atoms in total. The average molecular weight is 855 g/mol. The van der Waals surface area contributed by atoms with Crippen LogP contribution in [0.5, 0.6) is 0 Å². The van der Waals surface area contributed by atoms with E-state index < -0.39 is 36.8 Å². The topological polar surface area (TPSA) is 0 Å². The van der Waals surface area contributed by atoms with Gasteiger partial charge in [0.1, 0.15) is 0 Å². The first kappa shape index (κ1) is 40.9. The summed E-state index contributed by atoms with van der Waals surface area (Å²) in [6, 6.07) is 0. The molecule has 0 aliphatic carbocycles. The number of hydrogen-bond donors (Lipinski definition) is 0. The van der Waals surface area contributed by atoms with Gasteiger partial charge < -0.3 is 0 Å². The van der Waals surface area contributed by atoms with Crippen LogP contribution in [0.3, 0.4) is 0 Å². The molecule has 44 heavy (non-hydrogen) atoms. The van der Waals surface area contributed by atoms with Gasteiger partial charge in [0.05, 0.1) is 0 Å². The molecule has 252 valence electrons. The summed E-state index contributed by atoms with van der Waals surface area (Å²) in [4.78, 5) is 15.7. The molecule has 0 radical (unpaired) electrons. The molecule has 0 aliphatic heterocycles. The molecule has 2 heterocycles. The quantitative estimate of drug-likeness (QED) is 0.0653. The van der Waals surface area contributed by atoms with E-state index in [4.69, 9.17) is 0 Å². The van der Waals surface area contributed by atoms with Gasteiger partial charge in [0.25, 0.3) is 0 Å². The van der Waals surface area contributed by atoms with E-state index in [1.807, 2.05) is 0 Å². The molecule has 0 bridgehead atoms. The minimum atomic E-state index is -2.20. The van der Waals surface area contributed by atoms with Gasteiger partial charge in [-0.2, -0.15) is 0 Å². The van der Waals surface area contributed by atoms with Crippen molar-refractivity contribution in [1.82, 2.24) is 0 Å². The van der Waals surface area contributed by atoms with Crippen LogP contribution in [-0.2, 0) is 12.8 Å². The summed E-state index contributed by atoms with van der Waals surface area (Å²) in [6.45, 7) is 4.63. The second kappa shape index (κ2) is 23.2. The van der Waals surface area contributed by atoms with Crippen LogP contribution in [0.25, 0.3) is 12.2 Å². The molecular weight excluding hydrogens is 782 g/mol. The molecule has 4 heteroatoms. The second-order valence-electron chi connectivity index (χ2n) is 15.7. The van der Waals surface area contributed by atoms with E-state index in [1.54, 1.807) is 28.0 Å². The van der Waals surface area contributed by atoms with Crippen molar-refractivity contribution in [3.05, 3.63) is 33.0 Å². The second-order valence-corrected chi connectivity index (χ2v) is 48.1.